The molecule has 21 heavy (non-hydrogen) atoms. The molecule has 0 fully saturated rings. The van der Waals surface area contributed by atoms with E-state index in [1.165, 1.54) is 6.07 Å². The number of aliphatic hydroxyl groups is 3. The number of hydrogen-bond acceptors (Lipinski definition) is 5. The van der Waals surface area contributed by atoms with Gasteiger partial charge >= 0.3 is 0 Å². The molecule has 0 amide bonds. The van der Waals surface area contributed by atoms with Crippen LogP contribution in [0.1, 0.15) is 5.56 Å². The summed E-state index contributed by atoms with van der Waals surface area (Å²) >= 11 is 0. The van der Waals surface area contributed by atoms with E-state index in [2.05, 4.69) is 11.8 Å². The molecule has 116 valence electrons. The quantitative estimate of drug-likeness (QED) is 0.594. The van der Waals surface area contributed by atoms with Crippen molar-refractivity contribution in [2.24, 2.45) is 0 Å². The first-order valence-corrected chi connectivity index (χ1v) is 7.52. The second kappa shape index (κ2) is 8.07. The number of rotatable bonds is 6. The van der Waals surface area contributed by atoms with E-state index < -0.39 is 33.9 Å². The lowest BCUT2D eigenvalue weighted by molar-refractivity contribution is 0.217. The Labute approximate surface area is 122 Å². The maximum atomic E-state index is 14.0. The summed E-state index contributed by atoms with van der Waals surface area (Å²) in [4.78, 5) is -0.557. The van der Waals surface area contributed by atoms with Crippen molar-refractivity contribution in [3.63, 3.8) is 0 Å². The molecule has 6 nitrogen and oxygen atoms in total. The molecule has 0 radical (unpaired) electrons. The summed E-state index contributed by atoms with van der Waals surface area (Å²) < 4.78 is 39.2. The van der Waals surface area contributed by atoms with Crippen LogP contribution in [-0.2, 0) is 10.0 Å². The minimum atomic E-state index is -4.15. The molecule has 0 aliphatic heterocycles. The molecule has 1 rings (SSSR count). The zero-order valence-corrected chi connectivity index (χ0v) is 12.0. The Morgan fingerprint density at radius 2 is 1.76 bits per heavy atom. The highest BCUT2D eigenvalue weighted by Crippen LogP contribution is 2.20. The Balaban J connectivity index is 3.18. The van der Waals surface area contributed by atoms with Crippen LogP contribution in [0.2, 0.25) is 0 Å². The number of aliphatic hydroxyl groups excluding tert-OH is 3. The van der Waals surface area contributed by atoms with Gasteiger partial charge in [-0.2, -0.15) is 4.31 Å². The first-order chi connectivity index (χ1) is 9.97. The van der Waals surface area contributed by atoms with E-state index in [0.29, 0.717) is 0 Å². The van der Waals surface area contributed by atoms with Crippen LogP contribution in [0, 0.1) is 17.7 Å². The Kier molecular flexibility index (Phi) is 6.74. The summed E-state index contributed by atoms with van der Waals surface area (Å²) in [6.45, 7) is -1.76. The summed E-state index contributed by atoms with van der Waals surface area (Å²) in [5, 5.41) is 26.3. The van der Waals surface area contributed by atoms with Gasteiger partial charge in [0, 0.05) is 18.7 Å². The monoisotopic (exact) mass is 317 g/mol. The van der Waals surface area contributed by atoms with Crippen molar-refractivity contribution in [1.82, 2.24) is 4.31 Å². The van der Waals surface area contributed by atoms with Crippen LogP contribution in [-0.4, -0.2) is 61.0 Å². The van der Waals surface area contributed by atoms with Crippen molar-refractivity contribution in [3.05, 3.63) is 29.6 Å². The second-order valence-corrected chi connectivity index (χ2v) is 5.86. The summed E-state index contributed by atoms with van der Waals surface area (Å²) in [6, 6.07) is 3.33. The summed E-state index contributed by atoms with van der Waals surface area (Å²) in [6.07, 6.45) is 0. The van der Waals surface area contributed by atoms with E-state index in [1.807, 2.05) is 0 Å². The van der Waals surface area contributed by atoms with Crippen molar-refractivity contribution in [2.75, 3.05) is 32.9 Å². The molecule has 0 aromatic heterocycles. The van der Waals surface area contributed by atoms with Gasteiger partial charge in [0.25, 0.3) is 0 Å². The SMILES string of the molecule is O=S(=O)(c1ccc(C#CCO)cc1F)N(CCO)CCO. The molecule has 1 aromatic rings. The highest BCUT2D eigenvalue weighted by Gasteiger charge is 2.26. The van der Waals surface area contributed by atoms with E-state index in [-0.39, 0.29) is 25.3 Å². The Bertz CT molecular complexity index is 630. The van der Waals surface area contributed by atoms with E-state index in [0.717, 1.165) is 16.4 Å². The fourth-order valence-electron chi connectivity index (χ4n) is 1.64. The Hall–Kier alpha value is -1.50. The maximum absolute atomic E-state index is 14.0. The molecule has 0 spiro atoms. The average molecular weight is 317 g/mol. The van der Waals surface area contributed by atoms with Crippen LogP contribution in [0.5, 0.6) is 0 Å². The van der Waals surface area contributed by atoms with Crippen LogP contribution >= 0.6 is 0 Å². The van der Waals surface area contributed by atoms with Crippen LogP contribution in [0.15, 0.2) is 23.1 Å². The molecule has 0 saturated carbocycles. The standard InChI is InChI=1S/C13H16FNO5S/c14-12-10-11(2-1-7-16)3-4-13(12)21(19,20)15(5-8-17)6-9-18/h3-4,10,16-18H,5-9H2. The van der Waals surface area contributed by atoms with Crippen molar-refractivity contribution >= 4 is 10.0 Å². The van der Waals surface area contributed by atoms with E-state index in [4.69, 9.17) is 15.3 Å². The highest BCUT2D eigenvalue weighted by molar-refractivity contribution is 7.89. The molecule has 0 aliphatic rings. The molecule has 8 heteroatoms. The van der Waals surface area contributed by atoms with E-state index in [1.54, 1.807) is 0 Å². The van der Waals surface area contributed by atoms with Gasteiger partial charge in [-0.25, -0.2) is 12.8 Å². The van der Waals surface area contributed by atoms with Crippen molar-refractivity contribution in [1.29, 1.82) is 0 Å². The lowest BCUT2D eigenvalue weighted by Gasteiger charge is -2.20. The summed E-state index contributed by atoms with van der Waals surface area (Å²) in [7, 11) is -4.15. The smallest absolute Gasteiger partial charge is 0.246 e. The predicted molar refractivity (Wildman–Crippen MR) is 73.3 cm³/mol. The van der Waals surface area contributed by atoms with Gasteiger partial charge in [0.15, 0.2) is 0 Å². The van der Waals surface area contributed by atoms with Crippen molar-refractivity contribution in [2.45, 2.75) is 4.90 Å². The summed E-state index contributed by atoms with van der Waals surface area (Å²) in [5.41, 5.74) is 0.233. The normalized spacial score (nSPS) is 11.3. The number of sulfonamides is 1. The third-order valence-electron chi connectivity index (χ3n) is 2.56. The first kappa shape index (κ1) is 17.6. The number of hydrogen-bond donors (Lipinski definition) is 3. The predicted octanol–water partition coefficient (Wildman–Crippen LogP) is -0.855. The van der Waals surface area contributed by atoms with Crippen LogP contribution in [0.25, 0.3) is 0 Å². The zero-order chi connectivity index (χ0) is 15.9. The maximum Gasteiger partial charge on any atom is 0.246 e. The zero-order valence-electron chi connectivity index (χ0n) is 11.2. The van der Waals surface area contributed by atoms with Gasteiger partial charge in [-0.1, -0.05) is 11.8 Å². The van der Waals surface area contributed by atoms with Gasteiger partial charge in [-0.3, -0.25) is 0 Å². The van der Waals surface area contributed by atoms with Gasteiger partial charge in [0.2, 0.25) is 10.0 Å². The van der Waals surface area contributed by atoms with E-state index >= 15 is 0 Å². The average Bonchev–Trinajstić information content (AvgIpc) is 2.44. The lowest BCUT2D eigenvalue weighted by Crippen LogP contribution is -2.36. The van der Waals surface area contributed by atoms with E-state index in [9.17, 15) is 12.8 Å². The minimum absolute atomic E-state index is 0.233. The van der Waals surface area contributed by atoms with Crippen molar-refractivity contribution < 1.29 is 28.1 Å². The third-order valence-corrected chi connectivity index (χ3v) is 4.49. The Morgan fingerprint density at radius 1 is 1.14 bits per heavy atom. The van der Waals surface area contributed by atoms with Gasteiger partial charge < -0.3 is 15.3 Å². The largest absolute Gasteiger partial charge is 0.395 e. The van der Waals surface area contributed by atoms with Gasteiger partial charge in [0.05, 0.1) is 13.2 Å². The minimum Gasteiger partial charge on any atom is -0.395 e. The summed E-state index contributed by atoms with van der Waals surface area (Å²) in [5.74, 6) is 3.81. The fraction of sp³-hybridized carbons (Fsp3) is 0.385. The number of nitrogens with zero attached hydrogens (tertiary/aromatic N) is 1. The van der Waals surface area contributed by atoms with Gasteiger partial charge in [0.1, 0.15) is 17.3 Å². The number of benzene rings is 1. The second-order valence-electron chi connectivity index (χ2n) is 3.96. The number of halogens is 1. The molecule has 0 heterocycles. The Morgan fingerprint density at radius 3 is 2.24 bits per heavy atom. The van der Waals surface area contributed by atoms with Gasteiger partial charge in [-0.15, -0.1) is 0 Å². The molecule has 0 aliphatic carbocycles. The van der Waals surface area contributed by atoms with Crippen molar-refractivity contribution in [3.8, 4) is 11.8 Å². The molecule has 0 bridgehead atoms. The molecule has 0 atom stereocenters. The van der Waals surface area contributed by atoms with Crippen LogP contribution < -0.4 is 0 Å². The first-order valence-electron chi connectivity index (χ1n) is 6.08. The van der Waals surface area contributed by atoms with Crippen LogP contribution in [0.3, 0.4) is 0 Å². The third kappa shape index (κ3) is 4.49. The molecule has 3 N–H and O–H groups in total. The molecular weight excluding hydrogens is 301 g/mol. The molecule has 0 saturated heterocycles. The van der Waals surface area contributed by atoms with Crippen LogP contribution in [0.4, 0.5) is 4.39 Å². The highest BCUT2D eigenvalue weighted by atomic mass is 32.2. The lowest BCUT2D eigenvalue weighted by atomic mass is 10.2. The topological polar surface area (TPSA) is 98.1 Å². The van der Waals surface area contributed by atoms with Gasteiger partial charge in [-0.05, 0) is 18.2 Å². The molecular formula is C13H16FNO5S. The molecule has 0 unspecified atom stereocenters. The fourth-order valence-corrected chi connectivity index (χ4v) is 3.11. The molecule has 1 aromatic carbocycles.